The van der Waals surface area contributed by atoms with Crippen molar-refractivity contribution in [2.24, 2.45) is 0 Å². The number of aromatic nitrogens is 2. The molecule has 5 heteroatoms. The Bertz CT molecular complexity index is 532. The van der Waals surface area contributed by atoms with Gasteiger partial charge in [0.15, 0.2) is 0 Å². The maximum absolute atomic E-state index is 5.82. The fourth-order valence-electron chi connectivity index (χ4n) is 2.17. The van der Waals surface area contributed by atoms with E-state index in [1.807, 2.05) is 18.2 Å². The smallest absolute Gasteiger partial charge is 0.225 e. The van der Waals surface area contributed by atoms with Crippen molar-refractivity contribution in [2.45, 2.75) is 6.10 Å². The van der Waals surface area contributed by atoms with Gasteiger partial charge in [0.1, 0.15) is 6.10 Å². The first-order chi connectivity index (χ1) is 9.33. The molecule has 1 aromatic carbocycles. The Balaban J connectivity index is 1.76. The van der Waals surface area contributed by atoms with Crippen LogP contribution in [-0.4, -0.2) is 29.7 Å². The van der Waals surface area contributed by atoms with Gasteiger partial charge in [-0.25, -0.2) is 9.97 Å². The summed E-state index contributed by atoms with van der Waals surface area (Å²) in [6.45, 7) is 2.22. The summed E-state index contributed by atoms with van der Waals surface area (Å²) in [7, 11) is 0. The summed E-state index contributed by atoms with van der Waals surface area (Å²) in [6.07, 6.45) is 3.31. The summed E-state index contributed by atoms with van der Waals surface area (Å²) in [5.41, 5.74) is 1.18. The van der Waals surface area contributed by atoms with Crippen molar-refractivity contribution in [3.63, 3.8) is 0 Å². The van der Waals surface area contributed by atoms with Gasteiger partial charge >= 0.3 is 0 Å². The molecular weight excluding hydrogens is 262 g/mol. The standard InChI is InChI=1S/C14H14ClN3O/c15-12-8-16-14(17-9-12)18-6-7-19-13(10-18)11-4-2-1-3-5-11/h1-5,8-9,13H,6-7,10H2. The Labute approximate surface area is 117 Å². The van der Waals surface area contributed by atoms with Gasteiger partial charge in [0, 0.05) is 6.54 Å². The van der Waals surface area contributed by atoms with Crippen LogP contribution in [0.1, 0.15) is 11.7 Å². The van der Waals surface area contributed by atoms with E-state index in [1.54, 1.807) is 12.4 Å². The van der Waals surface area contributed by atoms with E-state index in [0.717, 1.165) is 13.1 Å². The van der Waals surface area contributed by atoms with Crippen molar-refractivity contribution in [1.82, 2.24) is 9.97 Å². The third kappa shape index (κ3) is 2.85. The minimum atomic E-state index is 0.0641. The van der Waals surface area contributed by atoms with Gasteiger partial charge in [-0.3, -0.25) is 0 Å². The predicted octanol–water partition coefficient (Wildman–Crippen LogP) is 2.71. The molecule has 0 radical (unpaired) electrons. The highest BCUT2D eigenvalue weighted by atomic mass is 35.5. The van der Waals surface area contributed by atoms with Crippen LogP contribution in [0.3, 0.4) is 0 Å². The number of hydrogen-bond donors (Lipinski definition) is 0. The molecule has 1 fully saturated rings. The molecule has 0 spiro atoms. The molecule has 1 aliphatic rings. The molecule has 0 amide bonds. The molecule has 3 rings (SSSR count). The van der Waals surface area contributed by atoms with E-state index in [0.29, 0.717) is 17.6 Å². The Kier molecular flexibility index (Phi) is 3.62. The van der Waals surface area contributed by atoms with Gasteiger partial charge in [-0.15, -0.1) is 0 Å². The van der Waals surface area contributed by atoms with Gasteiger partial charge in [-0.05, 0) is 5.56 Å². The molecule has 1 unspecified atom stereocenters. The molecule has 2 aromatic rings. The number of ether oxygens (including phenoxy) is 1. The second-order valence-corrected chi connectivity index (χ2v) is 4.85. The maximum Gasteiger partial charge on any atom is 0.225 e. The van der Waals surface area contributed by atoms with Gasteiger partial charge < -0.3 is 9.64 Å². The van der Waals surface area contributed by atoms with Gasteiger partial charge in [0.25, 0.3) is 0 Å². The van der Waals surface area contributed by atoms with Crippen LogP contribution in [-0.2, 0) is 4.74 Å². The van der Waals surface area contributed by atoms with Crippen molar-refractivity contribution in [1.29, 1.82) is 0 Å². The molecule has 1 aromatic heterocycles. The number of morpholine rings is 1. The highest BCUT2D eigenvalue weighted by Gasteiger charge is 2.23. The van der Waals surface area contributed by atoms with Gasteiger partial charge in [0.2, 0.25) is 5.95 Å². The van der Waals surface area contributed by atoms with E-state index in [1.165, 1.54) is 5.56 Å². The Morgan fingerprint density at radius 3 is 2.63 bits per heavy atom. The normalized spacial score (nSPS) is 19.4. The third-order valence-corrected chi connectivity index (χ3v) is 3.32. The van der Waals surface area contributed by atoms with E-state index in [9.17, 15) is 0 Å². The molecule has 0 N–H and O–H groups in total. The first-order valence-electron chi connectivity index (χ1n) is 6.22. The summed E-state index contributed by atoms with van der Waals surface area (Å²) >= 11 is 5.81. The average Bonchev–Trinajstić information content (AvgIpc) is 2.49. The quantitative estimate of drug-likeness (QED) is 0.845. The van der Waals surface area contributed by atoms with Crippen LogP contribution in [0.25, 0.3) is 0 Å². The lowest BCUT2D eigenvalue weighted by Crippen LogP contribution is -2.39. The summed E-state index contributed by atoms with van der Waals surface area (Å²) in [5, 5.41) is 0.552. The molecule has 2 heterocycles. The topological polar surface area (TPSA) is 38.2 Å². The van der Waals surface area contributed by atoms with Gasteiger partial charge in [0.05, 0.1) is 30.6 Å². The number of benzene rings is 1. The summed E-state index contributed by atoms with van der Waals surface area (Å²) in [4.78, 5) is 10.6. The number of rotatable bonds is 2. The van der Waals surface area contributed by atoms with Crippen LogP contribution in [0.2, 0.25) is 5.02 Å². The zero-order valence-electron chi connectivity index (χ0n) is 10.4. The fourth-order valence-corrected chi connectivity index (χ4v) is 2.27. The highest BCUT2D eigenvalue weighted by molar-refractivity contribution is 6.30. The van der Waals surface area contributed by atoms with Crippen molar-refractivity contribution in [2.75, 3.05) is 24.6 Å². The number of hydrogen-bond acceptors (Lipinski definition) is 4. The average molecular weight is 276 g/mol. The van der Waals surface area contributed by atoms with E-state index in [2.05, 4.69) is 27.0 Å². The van der Waals surface area contributed by atoms with Crippen molar-refractivity contribution >= 4 is 17.5 Å². The van der Waals surface area contributed by atoms with Crippen LogP contribution >= 0.6 is 11.6 Å². The molecule has 19 heavy (non-hydrogen) atoms. The second-order valence-electron chi connectivity index (χ2n) is 4.42. The molecule has 4 nitrogen and oxygen atoms in total. The summed E-state index contributed by atoms with van der Waals surface area (Å²) in [5.74, 6) is 0.702. The Morgan fingerprint density at radius 2 is 1.89 bits per heavy atom. The number of halogens is 1. The van der Waals surface area contributed by atoms with Gasteiger partial charge in [-0.1, -0.05) is 41.9 Å². The summed E-state index contributed by atoms with van der Waals surface area (Å²) < 4.78 is 5.82. The van der Waals surface area contributed by atoms with Crippen LogP contribution < -0.4 is 4.90 Å². The first kappa shape index (κ1) is 12.4. The lowest BCUT2D eigenvalue weighted by atomic mass is 10.1. The molecule has 1 aliphatic heterocycles. The molecule has 1 atom stereocenters. The minimum absolute atomic E-state index is 0.0641. The molecule has 98 valence electrons. The van der Waals surface area contributed by atoms with Crippen molar-refractivity contribution in [3.05, 3.63) is 53.3 Å². The maximum atomic E-state index is 5.82. The third-order valence-electron chi connectivity index (χ3n) is 3.13. The molecular formula is C14H14ClN3O. The summed E-state index contributed by atoms with van der Waals surface area (Å²) in [6, 6.07) is 10.2. The lowest BCUT2D eigenvalue weighted by molar-refractivity contribution is 0.0392. The number of anilines is 1. The van der Waals surface area contributed by atoms with Crippen molar-refractivity contribution < 1.29 is 4.74 Å². The van der Waals surface area contributed by atoms with Gasteiger partial charge in [-0.2, -0.15) is 0 Å². The van der Waals surface area contributed by atoms with E-state index < -0.39 is 0 Å². The Hall–Kier alpha value is -1.65. The minimum Gasteiger partial charge on any atom is -0.370 e. The molecule has 0 bridgehead atoms. The predicted molar refractivity (Wildman–Crippen MR) is 74.4 cm³/mol. The zero-order chi connectivity index (χ0) is 13.1. The SMILES string of the molecule is Clc1cnc(N2CCOC(c3ccccc3)C2)nc1. The highest BCUT2D eigenvalue weighted by Crippen LogP contribution is 2.24. The molecule has 0 saturated carbocycles. The van der Waals surface area contributed by atoms with E-state index in [-0.39, 0.29) is 6.10 Å². The monoisotopic (exact) mass is 275 g/mol. The van der Waals surface area contributed by atoms with Crippen LogP contribution in [0, 0.1) is 0 Å². The molecule has 0 aliphatic carbocycles. The first-order valence-corrected chi connectivity index (χ1v) is 6.60. The van der Waals surface area contributed by atoms with Crippen LogP contribution in [0.5, 0.6) is 0 Å². The lowest BCUT2D eigenvalue weighted by Gasteiger charge is -2.33. The number of nitrogens with zero attached hydrogens (tertiary/aromatic N) is 3. The largest absolute Gasteiger partial charge is 0.370 e. The van der Waals surface area contributed by atoms with Crippen LogP contribution in [0.15, 0.2) is 42.7 Å². The second kappa shape index (κ2) is 5.55. The Morgan fingerprint density at radius 1 is 1.16 bits per heavy atom. The van der Waals surface area contributed by atoms with E-state index in [4.69, 9.17) is 16.3 Å². The fraction of sp³-hybridized carbons (Fsp3) is 0.286. The molecule has 1 saturated heterocycles. The zero-order valence-corrected chi connectivity index (χ0v) is 11.1. The van der Waals surface area contributed by atoms with Crippen molar-refractivity contribution in [3.8, 4) is 0 Å². The van der Waals surface area contributed by atoms with E-state index >= 15 is 0 Å². The van der Waals surface area contributed by atoms with Crippen LogP contribution in [0.4, 0.5) is 5.95 Å².